The minimum absolute atomic E-state index is 0.156. The van der Waals surface area contributed by atoms with Crippen molar-refractivity contribution in [3.63, 3.8) is 0 Å². The van der Waals surface area contributed by atoms with E-state index in [0.717, 1.165) is 5.69 Å². The average molecular weight is 232 g/mol. The number of rotatable bonds is 4. The first-order valence-corrected chi connectivity index (χ1v) is 5.42. The van der Waals surface area contributed by atoms with Crippen molar-refractivity contribution in [3.05, 3.63) is 29.8 Å². The molecule has 1 aromatic carbocycles. The maximum atomic E-state index is 11.3. The number of anilines is 1. The summed E-state index contributed by atoms with van der Waals surface area (Å²) in [6, 6.07) is 9.43. The molecule has 0 N–H and O–H groups in total. The molecule has 0 saturated carbocycles. The quantitative estimate of drug-likeness (QED) is 0.744. The number of ether oxygens (including phenoxy) is 1. The third kappa shape index (κ3) is 3.49. The Bertz CT molecular complexity index is 435. The van der Waals surface area contributed by atoms with E-state index < -0.39 is 0 Å². The molecule has 0 radical (unpaired) electrons. The Kier molecular flexibility index (Phi) is 4.53. The van der Waals surface area contributed by atoms with Crippen molar-refractivity contribution in [2.24, 2.45) is 0 Å². The molecule has 0 amide bonds. The molecule has 1 rings (SSSR count). The number of nitrogens with zero attached hydrogens (tertiary/aromatic N) is 2. The van der Waals surface area contributed by atoms with Crippen LogP contribution in [0.3, 0.4) is 0 Å². The third-order valence-electron chi connectivity index (χ3n) is 2.46. The van der Waals surface area contributed by atoms with Crippen molar-refractivity contribution in [2.75, 3.05) is 18.6 Å². The van der Waals surface area contributed by atoms with E-state index in [1.807, 2.05) is 24.8 Å². The maximum Gasteiger partial charge on any atom is 0.325 e. The van der Waals surface area contributed by atoms with Crippen molar-refractivity contribution in [1.82, 2.24) is 0 Å². The van der Waals surface area contributed by atoms with Gasteiger partial charge >= 0.3 is 5.97 Å². The zero-order valence-electron chi connectivity index (χ0n) is 10.3. The lowest BCUT2D eigenvalue weighted by molar-refractivity contribution is -0.139. The minimum atomic E-state index is -0.291. The van der Waals surface area contributed by atoms with Crippen molar-refractivity contribution >= 4 is 11.7 Å². The number of carbonyl (C=O) groups is 1. The number of nitriles is 1. The van der Waals surface area contributed by atoms with Crippen LogP contribution in [0.25, 0.3) is 0 Å². The second kappa shape index (κ2) is 5.90. The Hall–Kier alpha value is -2.02. The van der Waals surface area contributed by atoms with Gasteiger partial charge in [0.05, 0.1) is 18.7 Å². The predicted molar refractivity (Wildman–Crippen MR) is 65.7 cm³/mol. The number of esters is 1. The Morgan fingerprint density at radius 1 is 1.53 bits per heavy atom. The van der Waals surface area contributed by atoms with Gasteiger partial charge in [-0.05, 0) is 32.0 Å². The lowest BCUT2D eigenvalue weighted by atomic mass is 10.2. The standard InChI is InChI=1S/C13H16N2O2/c1-10(2)15(9-13(16)17-3)12-6-4-5-11(7-12)8-14/h4-7,10H,9H2,1-3H3. The van der Waals surface area contributed by atoms with Crippen LogP contribution in [-0.2, 0) is 9.53 Å². The second-order valence-electron chi connectivity index (χ2n) is 3.96. The highest BCUT2D eigenvalue weighted by molar-refractivity contribution is 5.76. The first kappa shape index (κ1) is 13.0. The van der Waals surface area contributed by atoms with Crippen LogP contribution in [0.2, 0.25) is 0 Å². The van der Waals surface area contributed by atoms with Gasteiger partial charge in [0.1, 0.15) is 6.54 Å². The molecule has 0 aliphatic rings. The number of methoxy groups -OCH3 is 1. The highest BCUT2D eigenvalue weighted by Gasteiger charge is 2.15. The molecular formula is C13H16N2O2. The summed E-state index contributed by atoms with van der Waals surface area (Å²) in [5.41, 5.74) is 1.43. The molecule has 0 atom stereocenters. The van der Waals surface area contributed by atoms with Crippen molar-refractivity contribution in [3.8, 4) is 6.07 Å². The molecule has 0 heterocycles. The van der Waals surface area contributed by atoms with Gasteiger partial charge in [0, 0.05) is 11.7 Å². The zero-order valence-corrected chi connectivity index (χ0v) is 10.3. The molecule has 0 saturated heterocycles. The Labute approximate surface area is 101 Å². The molecule has 0 aromatic heterocycles. The monoisotopic (exact) mass is 232 g/mol. The Morgan fingerprint density at radius 2 is 2.24 bits per heavy atom. The van der Waals surface area contributed by atoms with Crippen molar-refractivity contribution in [2.45, 2.75) is 19.9 Å². The lowest BCUT2D eigenvalue weighted by Gasteiger charge is -2.27. The molecule has 0 bridgehead atoms. The lowest BCUT2D eigenvalue weighted by Crippen LogP contribution is -2.36. The van der Waals surface area contributed by atoms with E-state index in [-0.39, 0.29) is 18.6 Å². The number of carbonyl (C=O) groups excluding carboxylic acids is 1. The summed E-state index contributed by atoms with van der Waals surface area (Å²) in [6.07, 6.45) is 0. The molecule has 0 fully saturated rings. The summed E-state index contributed by atoms with van der Waals surface area (Å²) in [5.74, 6) is -0.291. The maximum absolute atomic E-state index is 11.3. The summed E-state index contributed by atoms with van der Waals surface area (Å²) >= 11 is 0. The molecule has 1 aromatic rings. The molecular weight excluding hydrogens is 216 g/mol. The van der Waals surface area contributed by atoms with Crippen LogP contribution in [0.4, 0.5) is 5.69 Å². The summed E-state index contributed by atoms with van der Waals surface area (Å²) in [6.45, 7) is 4.16. The average Bonchev–Trinajstić information content (AvgIpc) is 2.35. The van der Waals surface area contributed by atoms with Gasteiger partial charge in [-0.3, -0.25) is 4.79 Å². The van der Waals surface area contributed by atoms with Crippen molar-refractivity contribution < 1.29 is 9.53 Å². The van der Waals surface area contributed by atoms with Crippen LogP contribution >= 0.6 is 0 Å². The van der Waals surface area contributed by atoms with Gasteiger partial charge in [-0.25, -0.2) is 0 Å². The fourth-order valence-corrected chi connectivity index (χ4v) is 1.53. The van der Waals surface area contributed by atoms with Crippen LogP contribution in [0.5, 0.6) is 0 Å². The van der Waals surface area contributed by atoms with Gasteiger partial charge < -0.3 is 9.64 Å². The first-order chi connectivity index (χ1) is 8.08. The van der Waals surface area contributed by atoms with Gasteiger partial charge in [-0.1, -0.05) is 6.07 Å². The summed E-state index contributed by atoms with van der Waals surface area (Å²) in [5, 5.41) is 8.85. The van der Waals surface area contributed by atoms with E-state index in [2.05, 4.69) is 10.8 Å². The van der Waals surface area contributed by atoms with Gasteiger partial charge in [0.2, 0.25) is 0 Å². The van der Waals surface area contributed by atoms with E-state index in [9.17, 15) is 4.79 Å². The van der Waals surface area contributed by atoms with Crippen LogP contribution < -0.4 is 4.90 Å². The van der Waals surface area contributed by atoms with E-state index >= 15 is 0 Å². The smallest absolute Gasteiger partial charge is 0.325 e. The van der Waals surface area contributed by atoms with E-state index in [4.69, 9.17) is 5.26 Å². The molecule has 17 heavy (non-hydrogen) atoms. The highest BCUT2D eigenvalue weighted by atomic mass is 16.5. The fourth-order valence-electron chi connectivity index (χ4n) is 1.53. The molecule has 4 nitrogen and oxygen atoms in total. The van der Waals surface area contributed by atoms with Gasteiger partial charge in [-0.2, -0.15) is 5.26 Å². The Morgan fingerprint density at radius 3 is 2.76 bits per heavy atom. The topological polar surface area (TPSA) is 53.3 Å². The van der Waals surface area contributed by atoms with Gasteiger partial charge in [-0.15, -0.1) is 0 Å². The van der Waals surface area contributed by atoms with Crippen LogP contribution in [0.1, 0.15) is 19.4 Å². The molecule has 0 aliphatic carbocycles. The summed E-state index contributed by atoms with van der Waals surface area (Å²) in [7, 11) is 1.37. The number of hydrogen-bond acceptors (Lipinski definition) is 4. The van der Waals surface area contributed by atoms with E-state index in [1.165, 1.54) is 7.11 Å². The summed E-state index contributed by atoms with van der Waals surface area (Å²) in [4.78, 5) is 13.2. The minimum Gasteiger partial charge on any atom is -0.468 e. The molecule has 0 unspecified atom stereocenters. The van der Waals surface area contributed by atoms with Crippen LogP contribution in [0, 0.1) is 11.3 Å². The molecule has 0 spiro atoms. The first-order valence-electron chi connectivity index (χ1n) is 5.42. The van der Waals surface area contributed by atoms with Gasteiger partial charge in [0.25, 0.3) is 0 Å². The largest absolute Gasteiger partial charge is 0.468 e. The second-order valence-corrected chi connectivity index (χ2v) is 3.96. The predicted octanol–water partition coefficient (Wildman–Crippen LogP) is 1.95. The fraction of sp³-hybridized carbons (Fsp3) is 0.385. The highest BCUT2D eigenvalue weighted by Crippen LogP contribution is 2.18. The van der Waals surface area contributed by atoms with Crippen molar-refractivity contribution in [1.29, 1.82) is 5.26 Å². The summed E-state index contributed by atoms with van der Waals surface area (Å²) < 4.78 is 4.66. The third-order valence-corrected chi connectivity index (χ3v) is 2.46. The normalized spacial score (nSPS) is 9.82. The van der Waals surface area contributed by atoms with Gasteiger partial charge in [0.15, 0.2) is 0 Å². The van der Waals surface area contributed by atoms with Crippen LogP contribution in [-0.4, -0.2) is 25.7 Å². The van der Waals surface area contributed by atoms with Crippen LogP contribution in [0.15, 0.2) is 24.3 Å². The van der Waals surface area contributed by atoms with E-state index in [0.29, 0.717) is 5.56 Å². The molecule has 90 valence electrons. The van der Waals surface area contributed by atoms with E-state index in [1.54, 1.807) is 18.2 Å². The zero-order chi connectivity index (χ0) is 12.8. The molecule has 4 heteroatoms. The number of benzene rings is 1. The molecule has 0 aliphatic heterocycles. The Balaban J connectivity index is 2.97. The SMILES string of the molecule is COC(=O)CN(c1cccc(C#N)c1)C(C)C. The number of hydrogen-bond donors (Lipinski definition) is 0.